The SMILES string of the molecule is C.C.C=C/C=C/C(C)(C)C.C=C/C=C\C(C)(C)C.CC(C)(C)Cc1ccccc1.CC(C)(C)Cc1cccnc1. The Hall–Kier alpha value is -2.67. The number of nitrogens with zero attached hydrogens (tertiary/aromatic N) is 1. The molecule has 2 aromatic rings. The largest absolute Gasteiger partial charge is 0.264 e. The average Bonchev–Trinajstić information content (AvgIpc) is 2.76. The molecule has 0 unspecified atom stereocenters. The first-order valence-corrected chi connectivity index (χ1v) is 13.8. The van der Waals surface area contributed by atoms with Gasteiger partial charge in [-0.15, -0.1) is 0 Å². The highest BCUT2D eigenvalue weighted by Gasteiger charge is 2.11. The predicted octanol–water partition coefficient (Wildman–Crippen LogP) is 12.8. The maximum Gasteiger partial charge on any atom is 0.0300 e. The molecular weight excluding hydrogens is 482 g/mol. The summed E-state index contributed by atoms with van der Waals surface area (Å²) in [6, 6.07) is 14.7. The molecule has 0 spiro atoms. The van der Waals surface area contributed by atoms with Gasteiger partial charge in [0.1, 0.15) is 0 Å². The van der Waals surface area contributed by atoms with E-state index >= 15 is 0 Å². The molecular formula is C39H67N. The van der Waals surface area contributed by atoms with E-state index in [0.717, 1.165) is 12.8 Å². The lowest BCUT2D eigenvalue weighted by molar-refractivity contribution is 0.410. The van der Waals surface area contributed by atoms with Gasteiger partial charge in [0, 0.05) is 12.4 Å². The van der Waals surface area contributed by atoms with E-state index in [1.807, 2.05) is 30.6 Å². The molecule has 1 nitrogen and oxygen atoms in total. The molecule has 40 heavy (non-hydrogen) atoms. The number of allylic oxidation sites excluding steroid dienone is 6. The summed E-state index contributed by atoms with van der Waals surface area (Å²) in [5.41, 5.74) is 4.12. The Labute approximate surface area is 252 Å². The minimum absolute atomic E-state index is 0. The van der Waals surface area contributed by atoms with Crippen LogP contribution in [0.5, 0.6) is 0 Å². The van der Waals surface area contributed by atoms with Gasteiger partial charge in [0.05, 0.1) is 0 Å². The Morgan fingerprint density at radius 3 is 1.23 bits per heavy atom. The van der Waals surface area contributed by atoms with E-state index in [2.05, 4.69) is 150 Å². The summed E-state index contributed by atoms with van der Waals surface area (Å²) in [4.78, 5) is 4.07. The number of aromatic nitrogens is 1. The van der Waals surface area contributed by atoms with Crippen molar-refractivity contribution in [3.63, 3.8) is 0 Å². The van der Waals surface area contributed by atoms with Crippen LogP contribution in [0.15, 0.2) is 104 Å². The van der Waals surface area contributed by atoms with Crippen molar-refractivity contribution in [2.24, 2.45) is 21.7 Å². The van der Waals surface area contributed by atoms with Crippen LogP contribution >= 0.6 is 0 Å². The summed E-state index contributed by atoms with van der Waals surface area (Å²) >= 11 is 0. The van der Waals surface area contributed by atoms with E-state index in [1.165, 1.54) is 11.1 Å². The molecule has 0 radical (unpaired) electrons. The Morgan fingerprint density at radius 2 is 0.950 bits per heavy atom. The molecule has 1 aromatic carbocycles. The highest BCUT2D eigenvalue weighted by Crippen LogP contribution is 2.20. The predicted molar refractivity (Wildman–Crippen MR) is 188 cm³/mol. The van der Waals surface area contributed by atoms with Crippen molar-refractivity contribution in [3.05, 3.63) is 116 Å². The monoisotopic (exact) mass is 550 g/mol. The maximum atomic E-state index is 4.07. The highest BCUT2D eigenvalue weighted by atomic mass is 14.6. The van der Waals surface area contributed by atoms with Crippen molar-refractivity contribution < 1.29 is 0 Å². The van der Waals surface area contributed by atoms with Gasteiger partial charge in [-0.3, -0.25) is 4.98 Å². The minimum atomic E-state index is 0. The van der Waals surface area contributed by atoms with Crippen LogP contribution in [0.25, 0.3) is 0 Å². The van der Waals surface area contributed by atoms with Gasteiger partial charge in [0.2, 0.25) is 0 Å². The third-order valence-corrected chi connectivity index (χ3v) is 4.50. The number of benzene rings is 1. The zero-order chi connectivity index (χ0) is 29.9. The van der Waals surface area contributed by atoms with Crippen LogP contribution in [0.2, 0.25) is 0 Å². The molecule has 0 amide bonds. The Kier molecular flexibility index (Phi) is 24.5. The van der Waals surface area contributed by atoms with E-state index < -0.39 is 0 Å². The standard InChI is InChI=1S/C11H16.C10H15N.2C8H14.2CH4/c1-11(2,3)9-10-7-5-4-6-8-10;1-10(2,3)7-9-5-4-6-11-8-9;2*1-5-6-7-8(2,3)4;;/h4-8H,9H2,1-3H3;4-6,8H,7H2,1-3H3;2*5-7H,1H2,2-4H3;2*1H4/b;;7-6+;7-6-;;. The summed E-state index contributed by atoms with van der Waals surface area (Å²) < 4.78 is 0. The first kappa shape index (κ1) is 44.4. The van der Waals surface area contributed by atoms with Crippen molar-refractivity contribution in [3.8, 4) is 0 Å². The van der Waals surface area contributed by atoms with Crippen molar-refractivity contribution in [1.29, 1.82) is 0 Å². The lowest BCUT2D eigenvalue weighted by atomic mass is 9.88. The van der Waals surface area contributed by atoms with Crippen molar-refractivity contribution in [2.45, 2.75) is 111 Å². The first-order chi connectivity index (χ1) is 17.3. The van der Waals surface area contributed by atoms with Gasteiger partial charge in [-0.05, 0) is 51.7 Å². The van der Waals surface area contributed by atoms with Gasteiger partial charge in [-0.2, -0.15) is 0 Å². The number of hydrogen-bond acceptors (Lipinski definition) is 1. The molecule has 1 heteroatoms. The molecule has 0 bridgehead atoms. The van der Waals surface area contributed by atoms with E-state index in [-0.39, 0.29) is 14.9 Å². The normalized spacial score (nSPS) is 11.3. The topological polar surface area (TPSA) is 12.9 Å². The summed E-state index contributed by atoms with van der Waals surface area (Å²) in [6.45, 7) is 33.6. The third kappa shape index (κ3) is 37.5. The lowest BCUT2D eigenvalue weighted by Crippen LogP contribution is -2.08. The summed E-state index contributed by atoms with van der Waals surface area (Å²) in [6.07, 6.45) is 17.8. The smallest absolute Gasteiger partial charge is 0.0300 e. The quantitative estimate of drug-likeness (QED) is 0.346. The molecule has 0 N–H and O–H groups in total. The highest BCUT2D eigenvalue weighted by molar-refractivity contribution is 5.15. The van der Waals surface area contributed by atoms with Crippen LogP contribution < -0.4 is 0 Å². The number of rotatable bonds is 4. The van der Waals surface area contributed by atoms with Crippen LogP contribution in [-0.2, 0) is 12.8 Å². The lowest BCUT2D eigenvalue weighted by Gasteiger charge is -2.17. The molecule has 1 aromatic heterocycles. The molecule has 0 aliphatic rings. The summed E-state index contributed by atoms with van der Waals surface area (Å²) in [5.74, 6) is 0. The van der Waals surface area contributed by atoms with Crippen molar-refractivity contribution in [1.82, 2.24) is 4.98 Å². The Bertz CT molecular complexity index is 824. The zero-order valence-electron chi connectivity index (χ0n) is 26.9. The maximum absolute atomic E-state index is 4.07. The molecule has 0 saturated heterocycles. The van der Waals surface area contributed by atoms with Crippen molar-refractivity contribution in [2.75, 3.05) is 0 Å². The van der Waals surface area contributed by atoms with Gasteiger partial charge < -0.3 is 0 Å². The number of hydrogen-bond donors (Lipinski definition) is 0. The average molecular weight is 550 g/mol. The molecule has 1 heterocycles. The Balaban J connectivity index is -0.000000215. The van der Waals surface area contributed by atoms with Gasteiger partial charge in [0.25, 0.3) is 0 Å². The second-order valence-corrected chi connectivity index (χ2v) is 14.2. The van der Waals surface area contributed by atoms with E-state index in [0.29, 0.717) is 21.7 Å². The van der Waals surface area contributed by atoms with Crippen LogP contribution in [-0.4, -0.2) is 4.98 Å². The second-order valence-electron chi connectivity index (χ2n) is 14.2. The molecule has 0 aliphatic heterocycles. The fourth-order valence-electron chi connectivity index (χ4n) is 3.04. The second kappa shape index (κ2) is 22.1. The summed E-state index contributed by atoms with van der Waals surface area (Å²) in [7, 11) is 0. The fourth-order valence-corrected chi connectivity index (χ4v) is 3.04. The van der Waals surface area contributed by atoms with E-state index in [9.17, 15) is 0 Å². The third-order valence-electron chi connectivity index (χ3n) is 4.50. The van der Waals surface area contributed by atoms with Gasteiger partial charge in [-0.1, -0.05) is 184 Å². The van der Waals surface area contributed by atoms with Gasteiger partial charge in [-0.25, -0.2) is 0 Å². The number of pyridine rings is 1. The van der Waals surface area contributed by atoms with Crippen LogP contribution in [0.1, 0.15) is 109 Å². The molecule has 0 fully saturated rings. The van der Waals surface area contributed by atoms with Crippen LogP contribution in [0, 0.1) is 21.7 Å². The first-order valence-electron chi connectivity index (χ1n) is 13.8. The Morgan fingerprint density at radius 1 is 0.575 bits per heavy atom. The fraction of sp³-hybridized carbons (Fsp3) is 0.513. The molecule has 228 valence electrons. The van der Waals surface area contributed by atoms with Crippen LogP contribution in [0.3, 0.4) is 0 Å². The zero-order valence-corrected chi connectivity index (χ0v) is 26.9. The van der Waals surface area contributed by atoms with Crippen molar-refractivity contribution >= 4 is 0 Å². The molecule has 0 aliphatic carbocycles. The summed E-state index contributed by atoms with van der Waals surface area (Å²) in [5, 5.41) is 0. The van der Waals surface area contributed by atoms with Gasteiger partial charge >= 0.3 is 0 Å². The van der Waals surface area contributed by atoms with E-state index in [1.54, 1.807) is 12.2 Å². The van der Waals surface area contributed by atoms with E-state index in [4.69, 9.17) is 0 Å². The minimum Gasteiger partial charge on any atom is -0.264 e. The van der Waals surface area contributed by atoms with Crippen LogP contribution in [0.4, 0.5) is 0 Å². The molecule has 2 rings (SSSR count). The molecule has 0 atom stereocenters. The molecule has 0 saturated carbocycles. The van der Waals surface area contributed by atoms with Gasteiger partial charge in [0.15, 0.2) is 0 Å².